The van der Waals surface area contributed by atoms with Crippen molar-refractivity contribution in [3.8, 4) is 0 Å². The molecule has 1 amide bonds. The summed E-state index contributed by atoms with van der Waals surface area (Å²) in [5.74, 6) is -0.663. The first-order valence-corrected chi connectivity index (χ1v) is 9.60. The smallest absolute Gasteiger partial charge is 0.264 e. The fourth-order valence-corrected chi connectivity index (χ4v) is 3.67. The molecule has 5 heteroatoms. The minimum absolute atomic E-state index is 0.246. The number of carbonyl (C=O) groups is 2. The van der Waals surface area contributed by atoms with Crippen LogP contribution in [0.15, 0.2) is 46.9 Å². The van der Waals surface area contributed by atoms with Gasteiger partial charge in [0.1, 0.15) is 0 Å². The van der Waals surface area contributed by atoms with E-state index in [0.717, 1.165) is 22.9 Å². The van der Waals surface area contributed by atoms with Gasteiger partial charge in [0.05, 0.1) is 12.1 Å². The van der Waals surface area contributed by atoms with Crippen molar-refractivity contribution >= 4 is 33.3 Å². The maximum Gasteiger partial charge on any atom is 0.264 e. The molecule has 1 aliphatic heterocycles. The van der Waals surface area contributed by atoms with E-state index >= 15 is 0 Å². The summed E-state index contributed by atoms with van der Waals surface area (Å²) in [6.45, 7) is 4.53. The van der Waals surface area contributed by atoms with Crippen molar-refractivity contribution in [1.82, 2.24) is 0 Å². The molecule has 0 aromatic heterocycles. The summed E-state index contributed by atoms with van der Waals surface area (Å²) in [5.41, 5.74) is 0.909. The van der Waals surface area contributed by atoms with Gasteiger partial charge < -0.3 is 10.0 Å². The number of fused-ring (bicyclic) bond motifs is 1. The van der Waals surface area contributed by atoms with E-state index in [0.29, 0.717) is 23.4 Å². The van der Waals surface area contributed by atoms with Crippen molar-refractivity contribution in [2.45, 2.75) is 38.7 Å². The largest absolute Gasteiger partial charge is 0.375 e. The second-order valence-corrected chi connectivity index (χ2v) is 7.71. The van der Waals surface area contributed by atoms with Crippen molar-refractivity contribution in [3.05, 3.63) is 63.6 Å². The molecule has 4 nitrogen and oxygen atoms in total. The first-order chi connectivity index (χ1) is 12.4. The van der Waals surface area contributed by atoms with Crippen LogP contribution in [0.4, 0.5) is 5.69 Å². The summed E-state index contributed by atoms with van der Waals surface area (Å²) in [7, 11) is 0. The van der Waals surface area contributed by atoms with E-state index in [-0.39, 0.29) is 12.2 Å². The van der Waals surface area contributed by atoms with Crippen molar-refractivity contribution < 1.29 is 14.7 Å². The van der Waals surface area contributed by atoms with E-state index in [1.165, 1.54) is 0 Å². The Balaban J connectivity index is 1.96. The molecule has 136 valence electrons. The number of ketones is 1. The van der Waals surface area contributed by atoms with Crippen LogP contribution in [0.1, 0.15) is 47.7 Å². The molecular weight excluding hydrogens is 394 g/mol. The Morgan fingerprint density at radius 1 is 1.19 bits per heavy atom. The van der Waals surface area contributed by atoms with E-state index in [1.54, 1.807) is 23.1 Å². The second-order valence-electron chi connectivity index (χ2n) is 6.80. The number of aliphatic hydroxyl groups is 1. The summed E-state index contributed by atoms with van der Waals surface area (Å²) < 4.78 is 0.766. The number of carbonyl (C=O) groups excluding carboxylic acids is 2. The van der Waals surface area contributed by atoms with Crippen LogP contribution in [-0.2, 0) is 10.4 Å². The molecule has 0 spiro atoms. The van der Waals surface area contributed by atoms with E-state index in [1.807, 2.05) is 31.2 Å². The topological polar surface area (TPSA) is 57.6 Å². The molecule has 2 aromatic rings. The molecule has 0 fully saturated rings. The Hall–Kier alpha value is -1.98. The number of hydrogen-bond donors (Lipinski definition) is 1. The molecule has 1 atom stereocenters. The Kier molecular flexibility index (Phi) is 5.30. The van der Waals surface area contributed by atoms with E-state index in [4.69, 9.17) is 0 Å². The van der Waals surface area contributed by atoms with Crippen molar-refractivity contribution in [2.24, 2.45) is 0 Å². The standard InChI is InChI=1S/C21H22BrNO3/c1-3-4-11-23-18-10-9-16(22)12-17(18)21(26,20(23)25)13-19(24)15-7-5-14(2)6-8-15/h5-10,12,26H,3-4,11,13H2,1-2H3. The zero-order chi connectivity index (χ0) is 18.9. The van der Waals surface area contributed by atoms with Gasteiger partial charge in [-0.25, -0.2) is 0 Å². The first kappa shape index (κ1) is 18.8. The molecule has 0 bridgehead atoms. The summed E-state index contributed by atoms with van der Waals surface area (Å²) in [6.07, 6.45) is 1.51. The fraction of sp³-hybridized carbons (Fsp3) is 0.333. The predicted octanol–water partition coefficient (Wildman–Crippen LogP) is 4.36. The molecule has 26 heavy (non-hydrogen) atoms. The van der Waals surface area contributed by atoms with Gasteiger partial charge in [-0.3, -0.25) is 9.59 Å². The molecule has 0 radical (unpaired) electrons. The van der Waals surface area contributed by atoms with Gasteiger partial charge in [0.15, 0.2) is 11.4 Å². The summed E-state index contributed by atoms with van der Waals surface area (Å²) in [6, 6.07) is 12.6. The number of aryl methyl sites for hydroxylation is 1. The highest BCUT2D eigenvalue weighted by Gasteiger charge is 2.50. The van der Waals surface area contributed by atoms with Crippen LogP contribution in [0, 0.1) is 6.92 Å². The number of nitrogens with zero attached hydrogens (tertiary/aromatic N) is 1. The zero-order valence-corrected chi connectivity index (χ0v) is 16.5. The summed E-state index contributed by atoms with van der Waals surface area (Å²) in [5, 5.41) is 11.3. The van der Waals surface area contributed by atoms with Crippen LogP contribution in [0.2, 0.25) is 0 Å². The number of amides is 1. The maximum absolute atomic E-state index is 13.0. The van der Waals surface area contributed by atoms with Crippen LogP contribution in [-0.4, -0.2) is 23.3 Å². The SMILES string of the molecule is CCCCN1C(=O)C(O)(CC(=O)c2ccc(C)cc2)c2cc(Br)ccc21. The van der Waals surface area contributed by atoms with E-state index in [9.17, 15) is 14.7 Å². The van der Waals surface area contributed by atoms with Gasteiger partial charge in [-0.2, -0.15) is 0 Å². The fourth-order valence-electron chi connectivity index (χ4n) is 3.31. The lowest BCUT2D eigenvalue weighted by atomic mass is 9.88. The van der Waals surface area contributed by atoms with Crippen molar-refractivity contribution in [1.29, 1.82) is 0 Å². The van der Waals surface area contributed by atoms with Gasteiger partial charge in [0.25, 0.3) is 5.91 Å². The van der Waals surface area contributed by atoms with Gasteiger partial charge in [-0.1, -0.05) is 59.1 Å². The quantitative estimate of drug-likeness (QED) is 0.712. The lowest BCUT2D eigenvalue weighted by Crippen LogP contribution is -2.42. The molecule has 0 saturated carbocycles. The third-order valence-corrected chi connectivity index (χ3v) is 5.31. The van der Waals surface area contributed by atoms with Gasteiger partial charge >= 0.3 is 0 Å². The average Bonchev–Trinajstić information content (AvgIpc) is 2.81. The van der Waals surface area contributed by atoms with Crippen LogP contribution < -0.4 is 4.90 Å². The van der Waals surface area contributed by atoms with Crippen molar-refractivity contribution in [3.63, 3.8) is 0 Å². The van der Waals surface area contributed by atoms with Gasteiger partial charge in [-0.05, 0) is 31.5 Å². The van der Waals surface area contributed by atoms with E-state index < -0.39 is 11.5 Å². The third kappa shape index (κ3) is 3.33. The van der Waals surface area contributed by atoms with Crippen LogP contribution >= 0.6 is 15.9 Å². The molecule has 1 heterocycles. The predicted molar refractivity (Wildman–Crippen MR) is 105 cm³/mol. The lowest BCUT2D eigenvalue weighted by Gasteiger charge is -2.22. The molecular formula is C21H22BrNO3. The van der Waals surface area contributed by atoms with Crippen LogP contribution in [0.25, 0.3) is 0 Å². The maximum atomic E-state index is 13.0. The number of benzene rings is 2. The number of unbranched alkanes of at least 4 members (excludes halogenated alkanes) is 1. The summed E-state index contributed by atoms with van der Waals surface area (Å²) in [4.78, 5) is 27.4. The number of halogens is 1. The highest BCUT2D eigenvalue weighted by molar-refractivity contribution is 9.10. The molecule has 0 aliphatic carbocycles. The van der Waals surface area contributed by atoms with Gasteiger partial charge in [0, 0.05) is 22.1 Å². The average molecular weight is 416 g/mol. The van der Waals surface area contributed by atoms with Crippen LogP contribution in [0.5, 0.6) is 0 Å². The minimum Gasteiger partial charge on any atom is -0.375 e. The normalized spacial score (nSPS) is 18.9. The number of Topliss-reactive ketones (excluding diaryl/α,β-unsaturated/α-hetero) is 1. The summed E-state index contributed by atoms with van der Waals surface area (Å²) >= 11 is 3.40. The molecule has 2 aromatic carbocycles. The van der Waals surface area contributed by atoms with Gasteiger partial charge in [-0.15, -0.1) is 0 Å². The molecule has 1 N–H and O–H groups in total. The number of hydrogen-bond acceptors (Lipinski definition) is 3. The lowest BCUT2D eigenvalue weighted by molar-refractivity contribution is -0.135. The monoisotopic (exact) mass is 415 g/mol. The van der Waals surface area contributed by atoms with Crippen molar-refractivity contribution in [2.75, 3.05) is 11.4 Å². The highest BCUT2D eigenvalue weighted by Crippen LogP contribution is 2.44. The molecule has 3 rings (SSSR count). The Labute approximate surface area is 162 Å². The second kappa shape index (κ2) is 7.33. The first-order valence-electron chi connectivity index (χ1n) is 8.81. The third-order valence-electron chi connectivity index (χ3n) is 4.82. The Bertz CT molecular complexity index is 847. The Morgan fingerprint density at radius 3 is 2.54 bits per heavy atom. The number of anilines is 1. The molecule has 1 aliphatic rings. The Morgan fingerprint density at radius 2 is 1.88 bits per heavy atom. The minimum atomic E-state index is -1.82. The van der Waals surface area contributed by atoms with Gasteiger partial charge in [0.2, 0.25) is 0 Å². The number of rotatable bonds is 6. The molecule has 0 saturated heterocycles. The highest BCUT2D eigenvalue weighted by atomic mass is 79.9. The molecule has 1 unspecified atom stereocenters. The van der Waals surface area contributed by atoms with Crippen LogP contribution in [0.3, 0.4) is 0 Å². The zero-order valence-electron chi connectivity index (χ0n) is 15.0. The van der Waals surface area contributed by atoms with E-state index in [2.05, 4.69) is 22.9 Å².